The fraction of sp³-hybridized carbons (Fsp3) is 0.300. The van der Waals surface area contributed by atoms with E-state index in [9.17, 15) is 4.79 Å². The Morgan fingerprint density at radius 1 is 1.46 bits per heavy atom. The van der Waals surface area contributed by atoms with Gasteiger partial charge in [-0.1, -0.05) is 18.2 Å². The molecule has 3 N–H and O–H groups in total. The van der Waals surface area contributed by atoms with Gasteiger partial charge in [0.25, 0.3) is 0 Å². The molecule has 0 atom stereocenters. The number of hydrogen-bond acceptors (Lipinski definition) is 2. The average Bonchev–Trinajstić information content (AvgIpc) is 2.15. The maximum atomic E-state index is 11.0. The lowest BCUT2D eigenvalue weighted by Gasteiger charge is -2.05. The van der Waals surface area contributed by atoms with Gasteiger partial charge in [-0.3, -0.25) is 4.79 Å². The molecule has 70 valence electrons. The molecule has 1 aromatic carbocycles. The number of likely N-dealkylation sites (N-methyl/N-ethyl adjacent to an activating group) is 1. The molecule has 0 saturated heterocycles. The average molecular weight is 178 g/mol. The first-order valence-corrected chi connectivity index (χ1v) is 4.28. The van der Waals surface area contributed by atoms with E-state index in [1.54, 1.807) is 6.07 Å². The van der Waals surface area contributed by atoms with Crippen molar-refractivity contribution < 1.29 is 4.79 Å². The van der Waals surface area contributed by atoms with Gasteiger partial charge in [0, 0.05) is 5.56 Å². The van der Waals surface area contributed by atoms with Crippen LogP contribution in [0.25, 0.3) is 0 Å². The van der Waals surface area contributed by atoms with Gasteiger partial charge in [0.05, 0.1) is 0 Å². The Balaban J connectivity index is 2.84. The number of carbonyl (C=O) groups excluding carboxylic acids is 1. The van der Waals surface area contributed by atoms with Crippen molar-refractivity contribution in [1.82, 2.24) is 5.32 Å². The Labute approximate surface area is 77.9 Å². The zero-order valence-electron chi connectivity index (χ0n) is 7.71. The second-order valence-electron chi connectivity index (χ2n) is 2.87. The standard InChI is InChI=1S/C10H14N2O/c1-12-7-6-8-4-2-3-5-9(8)10(11)13/h2-5,12H,6-7H2,1H3,(H2,11,13). The van der Waals surface area contributed by atoms with Crippen molar-refractivity contribution in [1.29, 1.82) is 0 Å². The summed E-state index contributed by atoms with van der Waals surface area (Å²) in [5.74, 6) is -0.355. The molecule has 0 spiro atoms. The van der Waals surface area contributed by atoms with Gasteiger partial charge in [-0.25, -0.2) is 0 Å². The minimum Gasteiger partial charge on any atom is -0.366 e. The molecular formula is C10H14N2O. The largest absolute Gasteiger partial charge is 0.366 e. The predicted octanol–water partition coefficient (Wildman–Crippen LogP) is 0.547. The third kappa shape index (κ3) is 2.56. The minimum absolute atomic E-state index is 0.355. The van der Waals surface area contributed by atoms with E-state index in [1.807, 2.05) is 25.2 Å². The first kappa shape index (κ1) is 9.74. The van der Waals surface area contributed by atoms with Gasteiger partial charge in [0.2, 0.25) is 5.91 Å². The normalized spacial score (nSPS) is 9.92. The van der Waals surface area contributed by atoms with Gasteiger partial charge in [0.15, 0.2) is 0 Å². The van der Waals surface area contributed by atoms with Crippen LogP contribution in [0.2, 0.25) is 0 Å². The number of carbonyl (C=O) groups is 1. The summed E-state index contributed by atoms with van der Waals surface area (Å²) < 4.78 is 0. The lowest BCUT2D eigenvalue weighted by molar-refractivity contribution is 0.0999. The van der Waals surface area contributed by atoms with Crippen LogP contribution in [-0.4, -0.2) is 19.5 Å². The van der Waals surface area contributed by atoms with Crippen LogP contribution in [0.5, 0.6) is 0 Å². The third-order valence-corrected chi connectivity index (χ3v) is 1.93. The molecule has 0 radical (unpaired) electrons. The predicted molar refractivity (Wildman–Crippen MR) is 52.6 cm³/mol. The molecule has 0 aliphatic carbocycles. The van der Waals surface area contributed by atoms with Crippen LogP contribution in [0.1, 0.15) is 15.9 Å². The highest BCUT2D eigenvalue weighted by Gasteiger charge is 2.05. The Hall–Kier alpha value is -1.35. The second-order valence-corrected chi connectivity index (χ2v) is 2.87. The van der Waals surface area contributed by atoms with E-state index in [1.165, 1.54) is 0 Å². The molecule has 0 fully saturated rings. The highest BCUT2D eigenvalue weighted by Crippen LogP contribution is 2.07. The van der Waals surface area contributed by atoms with Crippen molar-refractivity contribution in [2.45, 2.75) is 6.42 Å². The van der Waals surface area contributed by atoms with Crippen LogP contribution in [0.4, 0.5) is 0 Å². The molecule has 3 heteroatoms. The second kappa shape index (κ2) is 4.62. The quantitative estimate of drug-likeness (QED) is 0.707. The first-order chi connectivity index (χ1) is 6.25. The van der Waals surface area contributed by atoms with Crippen molar-refractivity contribution in [3.63, 3.8) is 0 Å². The first-order valence-electron chi connectivity index (χ1n) is 4.28. The van der Waals surface area contributed by atoms with Gasteiger partial charge in [-0.15, -0.1) is 0 Å². The van der Waals surface area contributed by atoms with Crippen molar-refractivity contribution in [3.05, 3.63) is 35.4 Å². The molecule has 13 heavy (non-hydrogen) atoms. The van der Waals surface area contributed by atoms with E-state index >= 15 is 0 Å². The monoisotopic (exact) mass is 178 g/mol. The van der Waals surface area contributed by atoms with Gasteiger partial charge in [0.1, 0.15) is 0 Å². The van der Waals surface area contributed by atoms with Crippen molar-refractivity contribution in [3.8, 4) is 0 Å². The summed E-state index contributed by atoms with van der Waals surface area (Å²) in [6.45, 7) is 0.851. The molecule has 0 heterocycles. The van der Waals surface area contributed by atoms with Crippen LogP contribution >= 0.6 is 0 Å². The minimum atomic E-state index is -0.355. The maximum absolute atomic E-state index is 11.0. The maximum Gasteiger partial charge on any atom is 0.248 e. The lowest BCUT2D eigenvalue weighted by Crippen LogP contribution is -2.17. The summed E-state index contributed by atoms with van der Waals surface area (Å²) in [6.07, 6.45) is 0.829. The molecule has 0 aliphatic rings. The summed E-state index contributed by atoms with van der Waals surface area (Å²) in [6, 6.07) is 7.42. The van der Waals surface area contributed by atoms with E-state index in [4.69, 9.17) is 5.73 Å². The highest BCUT2D eigenvalue weighted by atomic mass is 16.1. The molecule has 0 aliphatic heterocycles. The number of nitrogens with one attached hydrogen (secondary N) is 1. The van der Waals surface area contributed by atoms with E-state index in [0.717, 1.165) is 18.5 Å². The number of benzene rings is 1. The Kier molecular flexibility index (Phi) is 3.46. The molecule has 0 bridgehead atoms. The molecule has 3 nitrogen and oxygen atoms in total. The van der Waals surface area contributed by atoms with Crippen molar-refractivity contribution in [2.75, 3.05) is 13.6 Å². The number of amides is 1. The SMILES string of the molecule is CNCCc1ccccc1C(N)=O. The summed E-state index contributed by atoms with van der Waals surface area (Å²) >= 11 is 0. The molecular weight excluding hydrogens is 164 g/mol. The molecule has 1 amide bonds. The van der Waals surface area contributed by atoms with E-state index < -0.39 is 0 Å². The number of hydrogen-bond donors (Lipinski definition) is 2. The summed E-state index contributed by atoms with van der Waals surface area (Å²) in [7, 11) is 1.88. The molecule has 0 saturated carbocycles. The van der Waals surface area contributed by atoms with Crippen LogP contribution in [0.3, 0.4) is 0 Å². The van der Waals surface area contributed by atoms with Gasteiger partial charge in [-0.2, -0.15) is 0 Å². The molecule has 1 aromatic rings. The fourth-order valence-electron chi connectivity index (χ4n) is 1.24. The Morgan fingerprint density at radius 2 is 2.15 bits per heavy atom. The van der Waals surface area contributed by atoms with E-state index in [-0.39, 0.29) is 5.91 Å². The Morgan fingerprint density at radius 3 is 2.77 bits per heavy atom. The summed E-state index contributed by atoms with van der Waals surface area (Å²) in [5, 5.41) is 3.03. The van der Waals surface area contributed by atoms with Crippen molar-refractivity contribution >= 4 is 5.91 Å². The third-order valence-electron chi connectivity index (χ3n) is 1.93. The van der Waals surface area contributed by atoms with Gasteiger partial charge >= 0.3 is 0 Å². The van der Waals surface area contributed by atoms with Crippen LogP contribution in [0, 0.1) is 0 Å². The number of nitrogens with two attached hydrogens (primary N) is 1. The summed E-state index contributed by atoms with van der Waals surface area (Å²) in [5.41, 5.74) is 6.85. The van der Waals surface area contributed by atoms with E-state index in [2.05, 4.69) is 5.32 Å². The molecule has 1 rings (SSSR count). The van der Waals surface area contributed by atoms with E-state index in [0.29, 0.717) is 5.56 Å². The Bertz CT molecular complexity index is 297. The van der Waals surface area contributed by atoms with Crippen LogP contribution in [0.15, 0.2) is 24.3 Å². The zero-order valence-corrected chi connectivity index (χ0v) is 7.71. The molecule has 0 aromatic heterocycles. The van der Waals surface area contributed by atoms with Gasteiger partial charge < -0.3 is 11.1 Å². The lowest BCUT2D eigenvalue weighted by atomic mass is 10.0. The van der Waals surface area contributed by atoms with Crippen LogP contribution in [-0.2, 0) is 6.42 Å². The zero-order chi connectivity index (χ0) is 9.68. The van der Waals surface area contributed by atoms with Crippen LogP contribution < -0.4 is 11.1 Å². The summed E-state index contributed by atoms with van der Waals surface area (Å²) in [4.78, 5) is 11.0. The highest BCUT2D eigenvalue weighted by molar-refractivity contribution is 5.94. The van der Waals surface area contributed by atoms with Crippen molar-refractivity contribution in [2.24, 2.45) is 5.73 Å². The smallest absolute Gasteiger partial charge is 0.248 e. The molecule has 0 unspecified atom stereocenters. The number of primary amides is 1. The fourth-order valence-corrected chi connectivity index (χ4v) is 1.24. The topological polar surface area (TPSA) is 55.1 Å². The van der Waals surface area contributed by atoms with Gasteiger partial charge in [-0.05, 0) is 31.6 Å². The number of rotatable bonds is 4.